The van der Waals surface area contributed by atoms with Crippen LogP contribution < -0.4 is 0 Å². The number of ether oxygens (including phenoxy) is 1. The van der Waals surface area contributed by atoms with E-state index in [0.717, 1.165) is 11.4 Å². The first kappa shape index (κ1) is 15.8. The molecule has 0 atom stereocenters. The van der Waals surface area contributed by atoms with Crippen LogP contribution in [0.4, 0.5) is 5.69 Å². The van der Waals surface area contributed by atoms with Crippen LogP contribution in [0, 0.1) is 10.1 Å². The van der Waals surface area contributed by atoms with Gasteiger partial charge < -0.3 is 9.30 Å². The number of nitro groups is 1. The molecule has 0 bridgehead atoms. The molecule has 116 valence electrons. The third kappa shape index (κ3) is 3.33. The van der Waals surface area contributed by atoms with Crippen molar-refractivity contribution in [3.05, 3.63) is 52.2 Å². The third-order valence-corrected chi connectivity index (χ3v) is 3.51. The Hall–Kier alpha value is -2.63. The van der Waals surface area contributed by atoms with Crippen LogP contribution in [-0.2, 0) is 23.0 Å². The summed E-state index contributed by atoms with van der Waals surface area (Å²) >= 11 is 0. The monoisotopic (exact) mass is 302 g/mol. The summed E-state index contributed by atoms with van der Waals surface area (Å²) in [5, 5.41) is 11.1. The van der Waals surface area contributed by atoms with Crippen LogP contribution in [0.5, 0.6) is 0 Å². The van der Waals surface area contributed by atoms with Crippen molar-refractivity contribution in [2.24, 2.45) is 7.05 Å². The summed E-state index contributed by atoms with van der Waals surface area (Å²) < 4.78 is 6.96. The minimum atomic E-state index is -0.384. The van der Waals surface area contributed by atoms with Gasteiger partial charge in [0, 0.05) is 31.6 Å². The van der Waals surface area contributed by atoms with Crippen molar-refractivity contribution in [3.8, 4) is 11.3 Å². The topological polar surface area (TPSA) is 74.4 Å². The van der Waals surface area contributed by atoms with Gasteiger partial charge in [-0.15, -0.1) is 0 Å². The number of nitrogens with zero attached hydrogens (tertiary/aromatic N) is 2. The molecule has 0 aliphatic carbocycles. The fourth-order valence-electron chi connectivity index (χ4n) is 2.30. The highest BCUT2D eigenvalue weighted by Crippen LogP contribution is 2.30. The molecule has 0 radical (unpaired) electrons. The highest BCUT2D eigenvalue weighted by molar-refractivity contribution is 5.71. The second-order valence-corrected chi connectivity index (χ2v) is 4.87. The van der Waals surface area contributed by atoms with E-state index in [0.29, 0.717) is 25.0 Å². The normalized spacial score (nSPS) is 10.5. The number of aromatic nitrogens is 1. The summed E-state index contributed by atoms with van der Waals surface area (Å²) in [5.74, 6) is -0.229. The quantitative estimate of drug-likeness (QED) is 0.467. The SMILES string of the molecule is CCC(=O)OCCc1ccc(-c2ccccc2[N+](=O)[O-])n1C. The van der Waals surface area contributed by atoms with E-state index in [9.17, 15) is 14.9 Å². The van der Waals surface area contributed by atoms with Gasteiger partial charge >= 0.3 is 5.97 Å². The van der Waals surface area contributed by atoms with E-state index in [-0.39, 0.29) is 16.6 Å². The van der Waals surface area contributed by atoms with Gasteiger partial charge in [0.2, 0.25) is 0 Å². The fourth-order valence-corrected chi connectivity index (χ4v) is 2.30. The minimum Gasteiger partial charge on any atom is -0.465 e. The third-order valence-electron chi connectivity index (χ3n) is 3.51. The molecular formula is C16H18N2O4. The maximum absolute atomic E-state index is 11.1. The van der Waals surface area contributed by atoms with Crippen molar-refractivity contribution in [2.45, 2.75) is 19.8 Å². The van der Waals surface area contributed by atoms with Crippen molar-refractivity contribution in [2.75, 3.05) is 6.61 Å². The van der Waals surface area contributed by atoms with Gasteiger partial charge in [-0.2, -0.15) is 0 Å². The molecule has 1 aromatic heterocycles. The lowest BCUT2D eigenvalue weighted by atomic mass is 10.1. The van der Waals surface area contributed by atoms with E-state index in [2.05, 4.69) is 0 Å². The predicted molar refractivity (Wildman–Crippen MR) is 82.5 cm³/mol. The molecule has 6 heteroatoms. The van der Waals surface area contributed by atoms with Crippen LogP contribution in [0.25, 0.3) is 11.3 Å². The number of esters is 1. The zero-order valence-corrected chi connectivity index (χ0v) is 12.6. The first-order valence-corrected chi connectivity index (χ1v) is 7.08. The number of hydrogen-bond acceptors (Lipinski definition) is 4. The van der Waals surface area contributed by atoms with Crippen LogP contribution in [0.3, 0.4) is 0 Å². The average molecular weight is 302 g/mol. The van der Waals surface area contributed by atoms with E-state index in [1.165, 1.54) is 6.07 Å². The molecule has 0 N–H and O–H groups in total. The number of rotatable bonds is 6. The number of benzene rings is 1. The van der Waals surface area contributed by atoms with Gasteiger partial charge in [0.05, 0.1) is 22.8 Å². The van der Waals surface area contributed by atoms with Gasteiger partial charge in [0.25, 0.3) is 5.69 Å². The largest absolute Gasteiger partial charge is 0.465 e. The van der Waals surface area contributed by atoms with Crippen LogP contribution >= 0.6 is 0 Å². The van der Waals surface area contributed by atoms with Gasteiger partial charge in [-0.05, 0) is 18.2 Å². The van der Waals surface area contributed by atoms with E-state index in [1.54, 1.807) is 25.1 Å². The Bertz CT molecular complexity index is 691. The van der Waals surface area contributed by atoms with E-state index in [1.807, 2.05) is 23.7 Å². The van der Waals surface area contributed by atoms with Crippen molar-refractivity contribution < 1.29 is 14.5 Å². The molecule has 0 unspecified atom stereocenters. The van der Waals surface area contributed by atoms with Crippen LogP contribution in [-0.4, -0.2) is 22.1 Å². The van der Waals surface area contributed by atoms with Gasteiger partial charge in [0.1, 0.15) is 0 Å². The summed E-state index contributed by atoms with van der Waals surface area (Å²) in [4.78, 5) is 21.9. The fraction of sp³-hybridized carbons (Fsp3) is 0.312. The zero-order valence-electron chi connectivity index (χ0n) is 12.6. The Morgan fingerprint density at radius 2 is 2.00 bits per heavy atom. The van der Waals surface area contributed by atoms with Crippen LogP contribution in [0.15, 0.2) is 36.4 Å². The Morgan fingerprint density at radius 3 is 2.68 bits per heavy atom. The summed E-state index contributed by atoms with van der Waals surface area (Å²) in [6, 6.07) is 10.4. The summed E-state index contributed by atoms with van der Waals surface area (Å²) in [6.45, 7) is 2.05. The number of carbonyl (C=O) groups is 1. The summed E-state index contributed by atoms with van der Waals surface area (Å²) in [5.41, 5.74) is 2.38. The molecule has 1 heterocycles. The van der Waals surface area contributed by atoms with Gasteiger partial charge in [-0.1, -0.05) is 19.1 Å². The molecule has 0 saturated heterocycles. The van der Waals surface area contributed by atoms with E-state index < -0.39 is 0 Å². The molecular weight excluding hydrogens is 284 g/mol. The molecule has 0 fully saturated rings. The van der Waals surface area contributed by atoms with Gasteiger partial charge in [-0.3, -0.25) is 14.9 Å². The molecule has 0 amide bonds. The van der Waals surface area contributed by atoms with Crippen molar-refractivity contribution in [3.63, 3.8) is 0 Å². The van der Waals surface area contributed by atoms with Crippen molar-refractivity contribution in [1.82, 2.24) is 4.57 Å². The Labute approximate surface area is 128 Å². The molecule has 0 spiro atoms. The Balaban J connectivity index is 2.21. The van der Waals surface area contributed by atoms with Gasteiger partial charge in [0.15, 0.2) is 0 Å². The maximum Gasteiger partial charge on any atom is 0.305 e. The molecule has 0 aliphatic rings. The average Bonchev–Trinajstić information content (AvgIpc) is 2.88. The molecule has 0 saturated carbocycles. The highest BCUT2D eigenvalue weighted by atomic mass is 16.6. The minimum absolute atomic E-state index is 0.0765. The second-order valence-electron chi connectivity index (χ2n) is 4.87. The summed E-state index contributed by atoms with van der Waals surface area (Å²) in [6.07, 6.45) is 0.928. The number of para-hydroxylation sites is 1. The Kier molecular flexibility index (Phi) is 4.93. The molecule has 2 aromatic rings. The van der Waals surface area contributed by atoms with Crippen LogP contribution in [0.1, 0.15) is 19.0 Å². The molecule has 2 rings (SSSR count). The first-order valence-electron chi connectivity index (χ1n) is 7.08. The molecule has 1 aromatic carbocycles. The van der Waals surface area contributed by atoms with E-state index in [4.69, 9.17) is 4.74 Å². The van der Waals surface area contributed by atoms with E-state index >= 15 is 0 Å². The highest BCUT2D eigenvalue weighted by Gasteiger charge is 2.17. The lowest BCUT2D eigenvalue weighted by molar-refractivity contribution is -0.384. The number of nitro benzene ring substituents is 1. The van der Waals surface area contributed by atoms with Crippen molar-refractivity contribution >= 4 is 11.7 Å². The lowest BCUT2D eigenvalue weighted by Crippen LogP contribution is -2.08. The molecule has 22 heavy (non-hydrogen) atoms. The predicted octanol–water partition coefficient (Wildman–Crippen LogP) is 3.10. The van der Waals surface area contributed by atoms with Gasteiger partial charge in [-0.25, -0.2) is 0 Å². The Morgan fingerprint density at radius 1 is 1.27 bits per heavy atom. The van der Waals surface area contributed by atoms with Crippen LogP contribution in [0.2, 0.25) is 0 Å². The number of carbonyl (C=O) groups excluding carboxylic acids is 1. The smallest absolute Gasteiger partial charge is 0.305 e. The number of hydrogen-bond donors (Lipinski definition) is 0. The first-order chi connectivity index (χ1) is 10.5. The zero-order chi connectivity index (χ0) is 16.1. The lowest BCUT2D eigenvalue weighted by Gasteiger charge is -2.09. The second kappa shape index (κ2) is 6.89. The maximum atomic E-state index is 11.1. The molecule has 0 aliphatic heterocycles. The summed E-state index contributed by atoms with van der Waals surface area (Å²) in [7, 11) is 1.85. The molecule has 6 nitrogen and oxygen atoms in total. The standard InChI is InChI=1S/C16H18N2O4/c1-3-16(19)22-11-10-12-8-9-14(17(12)2)13-6-4-5-7-15(13)18(20)21/h4-9H,3,10-11H2,1-2H3. The van der Waals surface area contributed by atoms with Crippen molar-refractivity contribution in [1.29, 1.82) is 0 Å².